The fourth-order valence-electron chi connectivity index (χ4n) is 3.29. The number of rotatable bonds is 6. The van der Waals surface area contributed by atoms with Crippen LogP contribution >= 0.6 is 11.8 Å². The number of nitrogens with zero attached hydrogens (tertiary/aromatic N) is 4. The van der Waals surface area contributed by atoms with Gasteiger partial charge in [0.05, 0.1) is 17.3 Å². The number of aryl methyl sites for hydroxylation is 1. The van der Waals surface area contributed by atoms with Crippen molar-refractivity contribution in [3.05, 3.63) is 28.8 Å². The van der Waals surface area contributed by atoms with Gasteiger partial charge in [-0.1, -0.05) is 11.8 Å². The molecule has 0 N–H and O–H groups in total. The summed E-state index contributed by atoms with van der Waals surface area (Å²) in [5.74, 6) is 1.75. The Labute approximate surface area is 158 Å². The van der Waals surface area contributed by atoms with Crippen LogP contribution in [0.5, 0.6) is 0 Å². The van der Waals surface area contributed by atoms with E-state index in [1.807, 2.05) is 43.1 Å². The largest absolute Gasteiger partial charge is 0.351 e. The van der Waals surface area contributed by atoms with Crippen molar-refractivity contribution < 1.29 is 13.2 Å². The van der Waals surface area contributed by atoms with E-state index in [1.165, 1.54) is 11.8 Å². The highest BCUT2D eigenvalue weighted by Gasteiger charge is 2.29. The third-order valence-electron chi connectivity index (χ3n) is 5.13. The Morgan fingerprint density at radius 1 is 1.27 bits per heavy atom. The molecule has 0 radical (unpaired) electrons. The second-order valence-corrected chi connectivity index (χ2v) is 10.2. The van der Waals surface area contributed by atoms with E-state index >= 15 is 0 Å². The molecule has 0 unspecified atom stereocenters. The topological polar surface area (TPSA) is 86.9 Å². The molecule has 3 heterocycles. The Morgan fingerprint density at radius 2 is 2.00 bits per heavy atom. The average molecular weight is 397 g/mol. The monoisotopic (exact) mass is 396 g/mol. The molecule has 26 heavy (non-hydrogen) atoms. The SMILES string of the molecule is Cc1cc(C(=O)CSc2nnc(C[C@H]3CCS(=O)(=O)C3)n2C)c(C)n1C. The minimum absolute atomic E-state index is 0.0719. The lowest BCUT2D eigenvalue weighted by atomic mass is 10.1. The number of hydrogen-bond acceptors (Lipinski definition) is 6. The Kier molecular flexibility index (Phi) is 5.30. The third kappa shape index (κ3) is 3.88. The molecule has 0 amide bonds. The van der Waals surface area contributed by atoms with Gasteiger partial charge in [0.2, 0.25) is 0 Å². The number of ketones is 1. The maximum absolute atomic E-state index is 12.5. The number of aromatic nitrogens is 4. The van der Waals surface area contributed by atoms with Crippen LogP contribution in [0.15, 0.2) is 11.2 Å². The molecule has 1 saturated heterocycles. The molecule has 0 aliphatic carbocycles. The molecule has 1 atom stereocenters. The second-order valence-electron chi connectivity index (χ2n) is 6.99. The zero-order valence-corrected chi connectivity index (χ0v) is 17.2. The van der Waals surface area contributed by atoms with Crippen LogP contribution in [0.4, 0.5) is 0 Å². The van der Waals surface area contributed by atoms with Gasteiger partial charge in [0.1, 0.15) is 5.82 Å². The van der Waals surface area contributed by atoms with Gasteiger partial charge < -0.3 is 9.13 Å². The smallest absolute Gasteiger partial charge is 0.191 e. The molecule has 1 fully saturated rings. The van der Waals surface area contributed by atoms with Crippen LogP contribution in [0.1, 0.15) is 34.0 Å². The summed E-state index contributed by atoms with van der Waals surface area (Å²) in [7, 11) is 0.927. The molecule has 0 aromatic carbocycles. The van der Waals surface area contributed by atoms with E-state index in [1.54, 1.807) is 0 Å². The summed E-state index contributed by atoms with van der Waals surface area (Å²) in [6.07, 6.45) is 1.29. The zero-order valence-electron chi connectivity index (χ0n) is 15.5. The molecule has 0 saturated carbocycles. The van der Waals surface area contributed by atoms with Crippen molar-refractivity contribution in [1.82, 2.24) is 19.3 Å². The minimum atomic E-state index is -2.89. The van der Waals surface area contributed by atoms with Crippen molar-refractivity contribution in [2.75, 3.05) is 17.3 Å². The van der Waals surface area contributed by atoms with Crippen molar-refractivity contribution in [2.24, 2.45) is 20.0 Å². The standard InChI is InChI=1S/C17H24N4O3S2/c1-11-7-14(12(2)20(11)3)15(22)9-25-17-19-18-16(21(17)4)8-13-5-6-26(23,24)10-13/h7,13H,5-6,8-10H2,1-4H3/t13-/m1/s1. The van der Waals surface area contributed by atoms with E-state index in [2.05, 4.69) is 10.2 Å². The zero-order chi connectivity index (χ0) is 19.1. The summed E-state index contributed by atoms with van der Waals surface area (Å²) in [4.78, 5) is 12.5. The molecule has 7 nitrogen and oxygen atoms in total. The van der Waals surface area contributed by atoms with E-state index in [-0.39, 0.29) is 23.2 Å². The Morgan fingerprint density at radius 3 is 2.58 bits per heavy atom. The fourth-order valence-corrected chi connectivity index (χ4v) is 5.96. The van der Waals surface area contributed by atoms with Gasteiger partial charge in [-0.25, -0.2) is 8.42 Å². The van der Waals surface area contributed by atoms with Gasteiger partial charge in [0.25, 0.3) is 0 Å². The molecule has 142 valence electrons. The van der Waals surface area contributed by atoms with Crippen molar-refractivity contribution >= 4 is 27.4 Å². The van der Waals surface area contributed by atoms with Crippen LogP contribution in [0.25, 0.3) is 0 Å². The van der Waals surface area contributed by atoms with Gasteiger partial charge in [0, 0.05) is 37.5 Å². The summed E-state index contributed by atoms with van der Waals surface area (Å²) in [6.45, 7) is 3.93. The average Bonchev–Trinajstić information content (AvgIpc) is 3.19. The van der Waals surface area contributed by atoms with Crippen molar-refractivity contribution in [1.29, 1.82) is 0 Å². The predicted octanol–water partition coefficient (Wildman–Crippen LogP) is 1.72. The molecule has 1 aliphatic rings. The van der Waals surface area contributed by atoms with E-state index in [4.69, 9.17) is 0 Å². The number of hydrogen-bond donors (Lipinski definition) is 0. The van der Waals surface area contributed by atoms with Crippen molar-refractivity contribution in [2.45, 2.75) is 31.8 Å². The predicted molar refractivity (Wildman–Crippen MR) is 101 cm³/mol. The number of thioether (sulfide) groups is 1. The van der Waals surface area contributed by atoms with Gasteiger partial charge in [0.15, 0.2) is 20.8 Å². The molecular weight excluding hydrogens is 372 g/mol. The van der Waals surface area contributed by atoms with E-state index in [9.17, 15) is 13.2 Å². The van der Waals surface area contributed by atoms with Crippen LogP contribution in [-0.4, -0.2) is 50.8 Å². The number of carbonyl (C=O) groups is 1. The van der Waals surface area contributed by atoms with Gasteiger partial charge in [-0.15, -0.1) is 10.2 Å². The molecule has 2 aromatic heterocycles. The van der Waals surface area contributed by atoms with Crippen LogP contribution in [0.2, 0.25) is 0 Å². The first kappa shape index (κ1) is 19.2. The molecule has 9 heteroatoms. The highest BCUT2D eigenvalue weighted by atomic mass is 32.2. The van der Waals surface area contributed by atoms with E-state index < -0.39 is 9.84 Å². The lowest BCUT2D eigenvalue weighted by Crippen LogP contribution is -2.11. The lowest BCUT2D eigenvalue weighted by Gasteiger charge is -2.07. The summed E-state index contributed by atoms with van der Waals surface area (Å²) < 4.78 is 27.1. The molecule has 1 aliphatic heterocycles. The highest BCUT2D eigenvalue weighted by molar-refractivity contribution is 7.99. The summed E-state index contributed by atoms with van der Waals surface area (Å²) in [5.41, 5.74) is 2.77. The summed E-state index contributed by atoms with van der Waals surface area (Å²) in [6, 6.07) is 1.92. The molecular formula is C17H24N4O3S2. The number of carbonyl (C=O) groups excluding carboxylic acids is 1. The first-order valence-electron chi connectivity index (χ1n) is 8.55. The fraction of sp³-hybridized carbons (Fsp3) is 0.588. The normalized spacial score (nSPS) is 19.2. The van der Waals surface area contributed by atoms with Crippen LogP contribution in [-0.2, 0) is 30.4 Å². The van der Waals surface area contributed by atoms with Crippen molar-refractivity contribution in [3.8, 4) is 0 Å². The van der Waals surface area contributed by atoms with Gasteiger partial charge in [-0.2, -0.15) is 0 Å². The highest BCUT2D eigenvalue weighted by Crippen LogP contribution is 2.24. The Hall–Kier alpha value is -1.61. The first-order chi connectivity index (χ1) is 12.2. The third-order valence-corrected chi connectivity index (χ3v) is 7.99. The maximum atomic E-state index is 12.5. The van der Waals surface area contributed by atoms with Gasteiger partial charge >= 0.3 is 0 Å². The number of Topliss-reactive ketones (excluding diaryl/α,β-unsaturated/α-hetero) is 1. The quantitative estimate of drug-likeness (QED) is 0.546. The molecule has 3 rings (SSSR count). The Balaban J connectivity index is 1.63. The second kappa shape index (κ2) is 7.19. The molecule has 0 spiro atoms. The van der Waals surface area contributed by atoms with Gasteiger partial charge in [-0.05, 0) is 32.3 Å². The summed E-state index contributed by atoms with van der Waals surface area (Å²) in [5, 5.41) is 9.05. The maximum Gasteiger partial charge on any atom is 0.191 e. The molecule has 2 aromatic rings. The van der Waals surface area contributed by atoms with Crippen molar-refractivity contribution in [3.63, 3.8) is 0 Å². The van der Waals surface area contributed by atoms with Crippen LogP contribution in [0.3, 0.4) is 0 Å². The minimum Gasteiger partial charge on any atom is -0.351 e. The lowest BCUT2D eigenvalue weighted by molar-refractivity contribution is 0.102. The summed E-state index contributed by atoms with van der Waals surface area (Å²) >= 11 is 1.36. The first-order valence-corrected chi connectivity index (χ1v) is 11.4. The number of sulfone groups is 1. The Bertz CT molecular complexity index is 944. The van der Waals surface area contributed by atoms with Crippen LogP contribution < -0.4 is 0 Å². The van der Waals surface area contributed by atoms with E-state index in [0.717, 1.165) is 22.8 Å². The molecule has 0 bridgehead atoms. The van der Waals surface area contributed by atoms with Gasteiger partial charge in [-0.3, -0.25) is 4.79 Å². The van der Waals surface area contributed by atoms with Crippen LogP contribution in [0, 0.1) is 19.8 Å². The van der Waals surface area contributed by atoms with E-state index in [0.29, 0.717) is 23.8 Å².